The normalized spacial score (nSPS) is 11.5. The van der Waals surface area contributed by atoms with E-state index in [4.69, 9.17) is 26.2 Å². The number of tetrazole rings is 1. The van der Waals surface area contributed by atoms with E-state index in [-0.39, 0.29) is 41.5 Å². The van der Waals surface area contributed by atoms with E-state index in [2.05, 4.69) is 31.5 Å². The fourth-order valence-electron chi connectivity index (χ4n) is 4.03. The number of aromatic carboxylic acids is 1. The predicted octanol–water partition coefficient (Wildman–Crippen LogP) is 3.73. The first-order valence-electron chi connectivity index (χ1n) is 13.5. The van der Waals surface area contributed by atoms with Crippen LogP contribution in [0.4, 0.5) is 20.6 Å². The molecule has 0 aliphatic carbocycles. The lowest BCUT2D eigenvalue weighted by Gasteiger charge is -2.18. The molecule has 1 heterocycles. The van der Waals surface area contributed by atoms with Gasteiger partial charge in [0.15, 0.2) is 5.82 Å². The van der Waals surface area contributed by atoms with Crippen molar-refractivity contribution in [2.75, 3.05) is 31.0 Å². The van der Waals surface area contributed by atoms with Gasteiger partial charge in [0.1, 0.15) is 19.0 Å². The number of carbonyl (C=O) groups is 4. The van der Waals surface area contributed by atoms with Crippen LogP contribution in [0.2, 0.25) is 5.02 Å². The van der Waals surface area contributed by atoms with Crippen LogP contribution in [0, 0.1) is 5.82 Å². The van der Waals surface area contributed by atoms with E-state index in [1.54, 1.807) is 24.3 Å². The number of carbonyl (C=O) groups excluding carboxylic acids is 3. The molecule has 0 saturated carbocycles. The highest BCUT2D eigenvalue weighted by Gasteiger charge is 2.22. The number of ether oxygens (including phenoxy) is 2. The van der Waals surface area contributed by atoms with Crippen LogP contribution in [0.5, 0.6) is 0 Å². The van der Waals surface area contributed by atoms with Crippen LogP contribution in [0.3, 0.4) is 0 Å². The first kappa shape index (κ1) is 33.2. The fourth-order valence-corrected chi connectivity index (χ4v) is 4.20. The average molecular weight is 652 g/mol. The van der Waals surface area contributed by atoms with E-state index in [0.29, 0.717) is 16.9 Å². The molecule has 0 bridgehead atoms. The van der Waals surface area contributed by atoms with Crippen molar-refractivity contribution in [1.82, 2.24) is 25.5 Å². The molecule has 4 rings (SSSR count). The number of hydrogen-bond donors (Lipinski definition) is 4. The molecule has 4 aromatic rings. The summed E-state index contributed by atoms with van der Waals surface area (Å²) in [6.07, 6.45) is 2.80. The number of carboxylic acid groups (broad SMARTS) is 1. The van der Waals surface area contributed by atoms with Gasteiger partial charge in [-0.15, -0.1) is 5.10 Å². The van der Waals surface area contributed by atoms with Crippen LogP contribution in [0.15, 0.2) is 73.1 Å². The van der Waals surface area contributed by atoms with Crippen molar-refractivity contribution in [1.29, 1.82) is 0 Å². The van der Waals surface area contributed by atoms with Crippen molar-refractivity contribution in [3.63, 3.8) is 0 Å². The Morgan fingerprint density at radius 2 is 1.70 bits per heavy atom. The Kier molecular flexibility index (Phi) is 11.5. The Balaban J connectivity index is 1.52. The molecule has 46 heavy (non-hydrogen) atoms. The van der Waals surface area contributed by atoms with Crippen molar-refractivity contribution >= 4 is 52.9 Å². The second-order valence-corrected chi connectivity index (χ2v) is 9.88. The van der Waals surface area contributed by atoms with Crippen LogP contribution < -0.4 is 16.0 Å². The smallest absolute Gasteiger partial charge is 0.411 e. The van der Waals surface area contributed by atoms with Crippen LogP contribution in [0.25, 0.3) is 11.8 Å². The first-order chi connectivity index (χ1) is 22.1. The first-order valence-corrected chi connectivity index (χ1v) is 13.9. The molecule has 0 aliphatic rings. The molecule has 0 aliphatic heterocycles. The monoisotopic (exact) mass is 651 g/mol. The minimum Gasteiger partial charge on any atom is -0.478 e. The summed E-state index contributed by atoms with van der Waals surface area (Å²) < 4.78 is 26.0. The van der Waals surface area contributed by atoms with Crippen molar-refractivity contribution in [2.45, 2.75) is 12.5 Å². The molecule has 3 amide bonds. The molecule has 0 saturated heterocycles. The minimum atomic E-state index is -1.14. The Morgan fingerprint density at radius 1 is 1.00 bits per heavy atom. The number of carboxylic acids is 1. The van der Waals surface area contributed by atoms with Gasteiger partial charge in [-0.2, -0.15) is 4.68 Å². The van der Waals surface area contributed by atoms with Gasteiger partial charge in [0.2, 0.25) is 11.8 Å². The van der Waals surface area contributed by atoms with Crippen molar-refractivity contribution in [3.05, 3.63) is 101 Å². The third-order valence-corrected chi connectivity index (χ3v) is 6.59. The lowest BCUT2D eigenvalue weighted by Crippen LogP contribution is -2.44. The Labute approximate surface area is 266 Å². The summed E-state index contributed by atoms with van der Waals surface area (Å²) in [5, 5.41) is 27.6. The Bertz CT molecular complexity index is 1720. The largest absolute Gasteiger partial charge is 0.478 e. The van der Waals surface area contributed by atoms with E-state index in [1.165, 1.54) is 60.6 Å². The number of halogens is 2. The number of benzene rings is 3. The zero-order valence-electron chi connectivity index (χ0n) is 24.1. The number of amides is 3. The summed E-state index contributed by atoms with van der Waals surface area (Å²) in [6, 6.07) is 13.6. The molecule has 4 N–H and O–H groups in total. The van der Waals surface area contributed by atoms with Crippen molar-refractivity contribution in [2.24, 2.45) is 0 Å². The molecule has 16 heteroatoms. The second-order valence-electron chi connectivity index (χ2n) is 9.47. The number of nitrogens with one attached hydrogen (secondary N) is 3. The number of rotatable bonds is 13. The topological polar surface area (TPSA) is 187 Å². The van der Waals surface area contributed by atoms with E-state index in [0.717, 1.165) is 6.08 Å². The maximum absolute atomic E-state index is 15.0. The maximum atomic E-state index is 15.0. The average Bonchev–Trinajstić information content (AvgIpc) is 3.57. The van der Waals surface area contributed by atoms with Crippen LogP contribution in [-0.2, 0) is 25.5 Å². The highest BCUT2D eigenvalue weighted by molar-refractivity contribution is 6.31. The van der Waals surface area contributed by atoms with Gasteiger partial charge in [0, 0.05) is 36.5 Å². The van der Waals surface area contributed by atoms with Crippen LogP contribution in [-0.4, -0.2) is 75.6 Å². The van der Waals surface area contributed by atoms with Gasteiger partial charge in [-0.1, -0.05) is 23.7 Å². The van der Waals surface area contributed by atoms with E-state index >= 15 is 0 Å². The standard InChI is InChI=1S/C30H27ClFN7O7/c1-45-14-15-46-30(44)35-21-6-2-18(3-7-21)16-24(28(41)34-20-8-4-19(5-9-20)29(42)43)36-26(40)13-10-22-25(39-17-33-37-38-39)12-11-23(31)27(22)32/h2-13,17,24H,14-16H2,1H3,(H,34,41)(H,35,44)(H,36,40)(H,42,43). The summed E-state index contributed by atoms with van der Waals surface area (Å²) in [4.78, 5) is 49.5. The van der Waals surface area contributed by atoms with Gasteiger partial charge in [0.25, 0.3) is 0 Å². The van der Waals surface area contributed by atoms with Crippen LogP contribution in [0.1, 0.15) is 21.5 Å². The number of anilines is 2. The molecule has 0 spiro atoms. The van der Waals surface area contributed by atoms with E-state index < -0.39 is 35.7 Å². The Hall–Kier alpha value is -5.67. The molecule has 1 aromatic heterocycles. The summed E-state index contributed by atoms with van der Waals surface area (Å²) in [7, 11) is 1.48. The summed E-state index contributed by atoms with van der Waals surface area (Å²) in [5.74, 6) is -3.29. The van der Waals surface area contributed by atoms with Gasteiger partial charge < -0.3 is 25.2 Å². The molecule has 1 unspecified atom stereocenters. The molecular formula is C30H27ClFN7O7. The molecular weight excluding hydrogens is 625 g/mol. The highest BCUT2D eigenvalue weighted by Crippen LogP contribution is 2.25. The lowest BCUT2D eigenvalue weighted by atomic mass is 10.0. The molecule has 3 aromatic carbocycles. The fraction of sp³-hybridized carbons (Fsp3) is 0.167. The number of aromatic nitrogens is 4. The quantitative estimate of drug-likeness (QED) is 0.123. The summed E-state index contributed by atoms with van der Waals surface area (Å²) in [5.41, 5.74) is 1.51. The molecule has 1 atom stereocenters. The molecule has 14 nitrogen and oxygen atoms in total. The molecule has 0 fully saturated rings. The molecule has 238 valence electrons. The predicted molar refractivity (Wildman–Crippen MR) is 164 cm³/mol. The number of hydrogen-bond acceptors (Lipinski definition) is 9. The van der Waals surface area contributed by atoms with Gasteiger partial charge >= 0.3 is 12.1 Å². The van der Waals surface area contributed by atoms with Crippen molar-refractivity contribution < 1.29 is 38.1 Å². The number of nitrogens with zero attached hydrogens (tertiary/aromatic N) is 4. The summed E-state index contributed by atoms with van der Waals surface area (Å²) >= 11 is 5.96. The van der Waals surface area contributed by atoms with Gasteiger partial charge in [-0.05, 0) is 70.6 Å². The SMILES string of the molecule is COCCOC(=O)Nc1ccc(CC(NC(=O)C=Cc2c(-n3cnnn3)ccc(Cl)c2F)C(=O)Nc2ccc(C(=O)O)cc2)cc1. The zero-order valence-corrected chi connectivity index (χ0v) is 24.9. The zero-order chi connectivity index (χ0) is 33.1. The second kappa shape index (κ2) is 15.9. The third kappa shape index (κ3) is 9.17. The third-order valence-electron chi connectivity index (χ3n) is 6.30. The summed E-state index contributed by atoms with van der Waals surface area (Å²) in [6.45, 7) is 0.322. The van der Waals surface area contributed by atoms with Crippen LogP contribution >= 0.6 is 11.6 Å². The Morgan fingerprint density at radius 3 is 2.35 bits per heavy atom. The highest BCUT2D eigenvalue weighted by atomic mass is 35.5. The van der Waals surface area contributed by atoms with E-state index in [1.807, 2.05) is 0 Å². The minimum absolute atomic E-state index is 0.0125. The van der Waals surface area contributed by atoms with Gasteiger partial charge in [-0.3, -0.25) is 14.9 Å². The van der Waals surface area contributed by atoms with Gasteiger partial charge in [-0.25, -0.2) is 14.0 Å². The van der Waals surface area contributed by atoms with Crippen molar-refractivity contribution in [3.8, 4) is 5.69 Å². The molecule has 0 radical (unpaired) electrons. The maximum Gasteiger partial charge on any atom is 0.411 e. The lowest BCUT2D eigenvalue weighted by molar-refractivity contribution is -0.123. The van der Waals surface area contributed by atoms with Gasteiger partial charge in [0.05, 0.1) is 22.9 Å². The number of methoxy groups -OCH3 is 1. The van der Waals surface area contributed by atoms with E-state index in [9.17, 15) is 23.6 Å².